The van der Waals surface area contributed by atoms with Crippen LogP contribution in [-0.2, 0) is 11.3 Å². The average Bonchev–Trinajstić information content (AvgIpc) is 2.68. The van der Waals surface area contributed by atoms with Crippen molar-refractivity contribution < 1.29 is 9.84 Å². The molecule has 1 heterocycles. The molecule has 0 aromatic heterocycles. The number of hydrogen-bond acceptors (Lipinski definition) is 4. The minimum atomic E-state index is -0.386. The van der Waals surface area contributed by atoms with Crippen LogP contribution in [0.1, 0.15) is 25.8 Å². The van der Waals surface area contributed by atoms with Crippen molar-refractivity contribution in [2.45, 2.75) is 39.0 Å². The molecule has 1 aromatic rings. The predicted molar refractivity (Wildman–Crippen MR) is 89.9 cm³/mol. The van der Waals surface area contributed by atoms with Gasteiger partial charge in [-0.15, -0.1) is 0 Å². The molecule has 2 rings (SSSR count). The fourth-order valence-corrected chi connectivity index (χ4v) is 3.13. The van der Waals surface area contributed by atoms with Crippen LogP contribution in [0.5, 0.6) is 0 Å². The normalized spacial score (nSPS) is 22.4. The molecule has 0 aliphatic carbocycles. The second kappa shape index (κ2) is 9.26. The summed E-state index contributed by atoms with van der Waals surface area (Å²) < 4.78 is 5.32. The lowest BCUT2D eigenvalue weighted by Gasteiger charge is -2.30. The smallest absolute Gasteiger partial charge is 0.0900 e. The van der Waals surface area contributed by atoms with Gasteiger partial charge in [0, 0.05) is 32.3 Å². The number of nitrogens with zero attached hydrogens (tertiary/aromatic N) is 2. The van der Waals surface area contributed by atoms with E-state index in [-0.39, 0.29) is 6.10 Å². The summed E-state index contributed by atoms with van der Waals surface area (Å²) in [5.74, 6) is 0. The van der Waals surface area contributed by atoms with Crippen molar-refractivity contribution >= 4 is 0 Å². The van der Waals surface area contributed by atoms with Gasteiger partial charge in [0.25, 0.3) is 0 Å². The van der Waals surface area contributed by atoms with Crippen molar-refractivity contribution in [2.75, 3.05) is 39.4 Å². The zero-order chi connectivity index (χ0) is 15.8. The van der Waals surface area contributed by atoms with E-state index < -0.39 is 0 Å². The van der Waals surface area contributed by atoms with Crippen molar-refractivity contribution in [3.05, 3.63) is 35.9 Å². The van der Waals surface area contributed by atoms with Crippen LogP contribution < -0.4 is 0 Å². The Labute approximate surface area is 134 Å². The van der Waals surface area contributed by atoms with Gasteiger partial charge in [0.15, 0.2) is 0 Å². The fraction of sp³-hybridized carbons (Fsp3) is 0.667. The Bertz CT molecular complexity index is 413. The van der Waals surface area contributed by atoms with Gasteiger partial charge in [0.1, 0.15) is 0 Å². The first-order chi connectivity index (χ1) is 10.7. The minimum absolute atomic E-state index is 0.386. The molecular weight excluding hydrogens is 276 g/mol. The van der Waals surface area contributed by atoms with Crippen LogP contribution >= 0.6 is 0 Å². The van der Waals surface area contributed by atoms with E-state index in [0.29, 0.717) is 25.8 Å². The topological polar surface area (TPSA) is 35.9 Å². The number of rotatable bonds is 7. The first-order valence-corrected chi connectivity index (χ1v) is 8.45. The first kappa shape index (κ1) is 17.4. The lowest BCUT2D eigenvalue weighted by atomic mass is 10.2. The highest BCUT2D eigenvalue weighted by Crippen LogP contribution is 2.13. The van der Waals surface area contributed by atoms with Gasteiger partial charge in [-0.1, -0.05) is 30.3 Å². The molecule has 0 spiro atoms. The molecule has 1 aliphatic rings. The van der Waals surface area contributed by atoms with Crippen LogP contribution in [0, 0.1) is 0 Å². The maximum Gasteiger partial charge on any atom is 0.0900 e. The molecule has 0 saturated carbocycles. The zero-order valence-electron chi connectivity index (χ0n) is 13.9. The van der Waals surface area contributed by atoms with Crippen LogP contribution in [0.25, 0.3) is 0 Å². The molecular formula is C18H30N2O2. The number of hydrogen-bond donors (Lipinski definition) is 1. The zero-order valence-corrected chi connectivity index (χ0v) is 13.9. The van der Waals surface area contributed by atoms with Crippen molar-refractivity contribution in [1.29, 1.82) is 0 Å². The molecule has 2 atom stereocenters. The molecule has 4 nitrogen and oxygen atoms in total. The predicted octanol–water partition coefficient (Wildman–Crippen LogP) is 1.98. The van der Waals surface area contributed by atoms with Crippen LogP contribution in [0.2, 0.25) is 0 Å². The van der Waals surface area contributed by atoms with Gasteiger partial charge in [-0.3, -0.25) is 9.80 Å². The molecule has 0 radical (unpaired) electrons. The molecule has 0 unspecified atom stereocenters. The summed E-state index contributed by atoms with van der Waals surface area (Å²) in [7, 11) is 0. The van der Waals surface area contributed by atoms with Gasteiger partial charge in [0.2, 0.25) is 0 Å². The Kier molecular flexibility index (Phi) is 7.33. The maximum atomic E-state index is 10.1. The molecule has 1 aromatic carbocycles. The van der Waals surface area contributed by atoms with Gasteiger partial charge in [-0.2, -0.15) is 0 Å². The van der Waals surface area contributed by atoms with E-state index in [1.165, 1.54) is 5.56 Å². The highest BCUT2D eigenvalue weighted by atomic mass is 16.5. The highest BCUT2D eigenvalue weighted by Gasteiger charge is 2.23. The third kappa shape index (κ3) is 5.69. The van der Waals surface area contributed by atoms with Crippen molar-refractivity contribution in [1.82, 2.24) is 9.80 Å². The van der Waals surface area contributed by atoms with E-state index in [9.17, 15) is 5.11 Å². The van der Waals surface area contributed by atoms with Gasteiger partial charge >= 0.3 is 0 Å². The largest absolute Gasteiger partial charge is 0.389 e. The number of β-amino-alcohol motifs (C(OH)–C–C–N with tert-alkyl or cyclic N) is 1. The van der Waals surface area contributed by atoms with E-state index in [1.807, 2.05) is 6.92 Å². The Morgan fingerprint density at radius 1 is 1.27 bits per heavy atom. The molecule has 0 amide bonds. The van der Waals surface area contributed by atoms with E-state index in [0.717, 1.165) is 32.6 Å². The highest BCUT2D eigenvalue weighted by molar-refractivity contribution is 5.14. The Morgan fingerprint density at radius 2 is 2.05 bits per heavy atom. The molecule has 1 saturated heterocycles. The van der Waals surface area contributed by atoms with Crippen LogP contribution in [-0.4, -0.2) is 66.4 Å². The fourth-order valence-electron chi connectivity index (χ4n) is 3.13. The van der Waals surface area contributed by atoms with Crippen LogP contribution in [0.4, 0.5) is 0 Å². The number of aliphatic hydroxyl groups is 1. The van der Waals surface area contributed by atoms with Crippen LogP contribution in [0.3, 0.4) is 0 Å². The Morgan fingerprint density at radius 3 is 2.77 bits per heavy atom. The molecule has 1 N–H and O–H groups in total. The molecule has 4 heteroatoms. The monoisotopic (exact) mass is 306 g/mol. The van der Waals surface area contributed by atoms with Crippen molar-refractivity contribution in [3.63, 3.8) is 0 Å². The third-order valence-corrected chi connectivity index (χ3v) is 4.27. The van der Waals surface area contributed by atoms with E-state index in [4.69, 9.17) is 4.74 Å². The summed E-state index contributed by atoms with van der Waals surface area (Å²) in [6.45, 7) is 10.3. The first-order valence-electron chi connectivity index (χ1n) is 8.45. The summed E-state index contributed by atoms with van der Waals surface area (Å²) in [5.41, 5.74) is 1.37. The summed E-state index contributed by atoms with van der Waals surface area (Å²) in [4.78, 5) is 4.92. The SMILES string of the molecule is CCOC[C@@H](O)CN1CCCN(Cc2ccccc2)C[C@H]1C. The summed E-state index contributed by atoms with van der Waals surface area (Å²) in [5, 5.41) is 10.1. The Balaban J connectivity index is 1.83. The average molecular weight is 306 g/mol. The lowest BCUT2D eigenvalue weighted by molar-refractivity contribution is 0.0141. The molecule has 1 fully saturated rings. The summed E-state index contributed by atoms with van der Waals surface area (Å²) >= 11 is 0. The molecule has 124 valence electrons. The maximum absolute atomic E-state index is 10.1. The number of benzene rings is 1. The number of aliphatic hydroxyl groups excluding tert-OH is 1. The van der Waals surface area contributed by atoms with Crippen LogP contribution in [0.15, 0.2) is 30.3 Å². The minimum Gasteiger partial charge on any atom is -0.389 e. The molecule has 22 heavy (non-hydrogen) atoms. The second-order valence-corrected chi connectivity index (χ2v) is 6.23. The van der Waals surface area contributed by atoms with E-state index in [2.05, 4.69) is 47.1 Å². The van der Waals surface area contributed by atoms with E-state index in [1.54, 1.807) is 0 Å². The standard InChI is InChI=1S/C18H30N2O2/c1-3-22-15-18(21)14-20-11-7-10-19(12-16(20)2)13-17-8-5-4-6-9-17/h4-6,8-9,16,18,21H,3,7,10-15H2,1-2H3/t16-,18+/m1/s1. The van der Waals surface area contributed by atoms with E-state index >= 15 is 0 Å². The molecule has 0 bridgehead atoms. The van der Waals surface area contributed by atoms with Gasteiger partial charge < -0.3 is 9.84 Å². The third-order valence-electron chi connectivity index (χ3n) is 4.27. The Hall–Kier alpha value is -0.940. The summed E-state index contributed by atoms with van der Waals surface area (Å²) in [6, 6.07) is 11.1. The quantitative estimate of drug-likeness (QED) is 0.835. The van der Waals surface area contributed by atoms with Gasteiger partial charge in [-0.25, -0.2) is 0 Å². The van der Waals surface area contributed by atoms with Gasteiger partial charge in [0.05, 0.1) is 12.7 Å². The second-order valence-electron chi connectivity index (χ2n) is 6.23. The summed E-state index contributed by atoms with van der Waals surface area (Å²) in [6.07, 6.45) is 0.765. The molecule has 1 aliphatic heterocycles. The van der Waals surface area contributed by atoms with Gasteiger partial charge in [-0.05, 0) is 38.9 Å². The van der Waals surface area contributed by atoms with Crippen molar-refractivity contribution in [3.8, 4) is 0 Å². The lowest BCUT2D eigenvalue weighted by Crippen LogP contribution is -2.43. The number of ether oxygens (including phenoxy) is 1. The van der Waals surface area contributed by atoms with Crippen molar-refractivity contribution in [2.24, 2.45) is 0 Å².